The van der Waals surface area contributed by atoms with Gasteiger partial charge in [-0.15, -0.1) is 12.4 Å². The Labute approximate surface area is 116 Å². The van der Waals surface area contributed by atoms with E-state index in [1.165, 1.54) is 5.56 Å². The predicted octanol–water partition coefficient (Wildman–Crippen LogP) is 2.52. The Hall–Kier alpha value is -1.06. The molecule has 0 atom stereocenters. The van der Waals surface area contributed by atoms with Gasteiger partial charge in [-0.3, -0.25) is 4.79 Å². The second-order valence-electron chi connectivity index (χ2n) is 4.61. The molecule has 1 aromatic carbocycles. The van der Waals surface area contributed by atoms with E-state index in [0.717, 1.165) is 18.7 Å². The zero-order valence-electron chi connectivity index (χ0n) is 11.6. The lowest BCUT2D eigenvalue weighted by Gasteiger charge is -2.17. The molecule has 0 fully saturated rings. The Morgan fingerprint density at radius 1 is 1.28 bits per heavy atom. The Balaban J connectivity index is 0.00000289. The third-order valence-corrected chi connectivity index (χ3v) is 2.87. The standard InChI is InChI=1S/C14H22N2O.ClH/c1-11(2)12-5-7-13(8-6-12)14(17)16(4)10-9-15-3;/h5-8,11,15H,9-10H2,1-4H3;1H. The average Bonchev–Trinajstić information content (AvgIpc) is 2.35. The van der Waals surface area contributed by atoms with E-state index < -0.39 is 0 Å². The van der Waals surface area contributed by atoms with Gasteiger partial charge in [0.15, 0.2) is 0 Å². The molecule has 102 valence electrons. The highest BCUT2D eigenvalue weighted by atomic mass is 35.5. The van der Waals surface area contributed by atoms with Gasteiger partial charge in [0.05, 0.1) is 0 Å². The molecule has 1 aromatic rings. The molecule has 4 heteroatoms. The van der Waals surface area contributed by atoms with Crippen LogP contribution in [0.15, 0.2) is 24.3 Å². The smallest absolute Gasteiger partial charge is 0.253 e. The molecule has 0 aromatic heterocycles. The number of nitrogens with zero attached hydrogens (tertiary/aromatic N) is 1. The van der Waals surface area contributed by atoms with Crippen molar-refractivity contribution in [3.63, 3.8) is 0 Å². The summed E-state index contributed by atoms with van der Waals surface area (Å²) >= 11 is 0. The average molecular weight is 271 g/mol. The maximum atomic E-state index is 12.0. The number of halogens is 1. The molecule has 0 saturated carbocycles. The summed E-state index contributed by atoms with van der Waals surface area (Å²) in [6.07, 6.45) is 0. The monoisotopic (exact) mass is 270 g/mol. The minimum atomic E-state index is 0. The van der Waals surface area contributed by atoms with Crippen LogP contribution < -0.4 is 5.32 Å². The van der Waals surface area contributed by atoms with Gasteiger partial charge < -0.3 is 10.2 Å². The zero-order chi connectivity index (χ0) is 12.8. The number of hydrogen-bond acceptors (Lipinski definition) is 2. The van der Waals surface area contributed by atoms with Crippen molar-refractivity contribution in [2.45, 2.75) is 19.8 Å². The molecule has 0 spiro atoms. The van der Waals surface area contributed by atoms with Crippen molar-refractivity contribution < 1.29 is 4.79 Å². The molecule has 0 heterocycles. The number of likely N-dealkylation sites (N-methyl/N-ethyl adjacent to an activating group) is 2. The van der Waals surface area contributed by atoms with Crippen molar-refractivity contribution in [1.82, 2.24) is 10.2 Å². The number of rotatable bonds is 5. The molecule has 3 nitrogen and oxygen atoms in total. The van der Waals surface area contributed by atoms with Crippen LogP contribution in [-0.4, -0.2) is 38.0 Å². The molecule has 1 N–H and O–H groups in total. The molecule has 1 rings (SSSR count). The highest BCUT2D eigenvalue weighted by Gasteiger charge is 2.11. The predicted molar refractivity (Wildman–Crippen MR) is 78.7 cm³/mol. The van der Waals surface area contributed by atoms with Gasteiger partial charge in [-0.1, -0.05) is 26.0 Å². The van der Waals surface area contributed by atoms with Crippen LogP contribution in [0.3, 0.4) is 0 Å². The van der Waals surface area contributed by atoms with Gasteiger partial charge in [-0.05, 0) is 30.7 Å². The van der Waals surface area contributed by atoms with Gasteiger partial charge in [0.2, 0.25) is 0 Å². The van der Waals surface area contributed by atoms with E-state index in [1.54, 1.807) is 4.90 Å². The van der Waals surface area contributed by atoms with Crippen LogP contribution >= 0.6 is 12.4 Å². The third kappa shape index (κ3) is 4.67. The molecule has 18 heavy (non-hydrogen) atoms. The topological polar surface area (TPSA) is 32.3 Å². The number of nitrogens with one attached hydrogen (secondary N) is 1. The fourth-order valence-corrected chi connectivity index (χ4v) is 1.61. The van der Waals surface area contributed by atoms with Crippen LogP contribution in [0.4, 0.5) is 0 Å². The SMILES string of the molecule is CNCCN(C)C(=O)c1ccc(C(C)C)cc1.Cl. The summed E-state index contributed by atoms with van der Waals surface area (Å²) in [6, 6.07) is 7.88. The Kier molecular flexibility index (Phi) is 7.64. The zero-order valence-corrected chi connectivity index (χ0v) is 12.4. The molecule has 0 aliphatic rings. The highest BCUT2D eigenvalue weighted by Crippen LogP contribution is 2.15. The second kappa shape index (κ2) is 8.11. The molecule has 0 saturated heterocycles. The minimum absolute atomic E-state index is 0. The summed E-state index contributed by atoms with van der Waals surface area (Å²) in [5.41, 5.74) is 2.02. The first-order valence-electron chi connectivity index (χ1n) is 6.06. The number of benzene rings is 1. The van der Waals surface area contributed by atoms with Gasteiger partial charge in [-0.2, -0.15) is 0 Å². The van der Waals surface area contributed by atoms with E-state index in [4.69, 9.17) is 0 Å². The molecule has 0 bridgehead atoms. The van der Waals surface area contributed by atoms with Gasteiger partial charge in [-0.25, -0.2) is 0 Å². The number of carbonyl (C=O) groups is 1. The fourth-order valence-electron chi connectivity index (χ4n) is 1.61. The largest absolute Gasteiger partial charge is 0.340 e. The van der Waals surface area contributed by atoms with E-state index in [2.05, 4.69) is 19.2 Å². The second-order valence-corrected chi connectivity index (χ2v) is 4.61. The van der Waals surface area contributed by atoms with Gasteiger partial charge in [0, 0.05) is 25.7 Å². The van der Waals surface area contributed by atoms with Crippen LogP contribution in [0, 0.1) is 0 Å². The number of carbonyl (C=O) groups excluding carboxylic acids is 1. The summed E-state index contributed by atoms with van der Waals surface area (Å²) in [5.74, 6) is 0.580. The fraction of sp³-hybridized carbons (Fsp3) is 0.500. The minimum Gasteiger partial charge on any atom is -0.340 e. The maximum absolute atomic E-state index is 12.0. The van der Waals surface area contributed by atoms with Crippen LogP contribution in [-0.2, 0) is 0 Å². The summed E-state index contributed by atoms with van der Waals surface area (Å²) in [6.45, 7) is 5.83. The Morgan fingerprint density at radius 3 is 2.28 bits per heavy atom. The van der Waals surface area contributed by atoms with Crippen molar-refractivity contribution in [2.75, 3.05) is 27.2 Å². The lowest BCUT2D eigenvalue weighted by Crippen LogP contribution is -2.32. The quantitative estimate of drug-likeness (QED) is 0.892. The third-order valence-electron chi connectivity index (χ3n) is 2.87. The summed E-state index contributed by atoms with van der Waals surface area (Å²) in [4.78, 5) is 13.8. The lowest BCUT2D eigenvalue weighted by molar-refractivity contribution is 0.0797. The van der Waals surface area contributed by atoms with E-state index in [1.807, 2.05) is 38.4 Å². The number of amides is 1. The lowest BCUT2D eigenvalue weighted by atomic mass is 10.0. The van der Waals surface area contributed by atoms with Crippen LogP contribution in [0.1, 0.15) is 35.7 Å². The summed E-state index contributed by atoms with van der Waals surface area (Å²) in [5, 5.41) is 3.04. The Bertz CT molecular complexity index is 363. The highest BCUT2D eigenvalue weighted by molar-refractivity contribution is 5.94. The van der Waals surface area contributed by atoms with E-state index in [-0.39, 0.29) is 18.3 Å². The molecule has 1 amide bonds. The van der Waals surface area contributed by atoms with Crippen molar-refractivity contribution in [3.05, 3.63) is 35.4 Å². The van der Waals surface area contributed by atoms with Crippen molar-refractivity contribution in [1.29, 1.82) is 0 Å². The number of hydrogen-bond donors (Lipinski definition) is 1. The molecule has 0 aliphatic heterocycles. The van der Waals surface area contributed by atoms with Gasteiger partial charge in [0.1, 0.15) is 0 Å². The van der Waals surface area contributed by atoms with E-state index in [0.29, 0.717) is 5.92 Å². The molecule has 0 radical (unpaired) electrons. The molecule has 0 unspecified atom stereocenters. The van der Waals surface area contributed by atoms with Crippen molar-refractivity contribution >= 4 is 18.3 Å². The van der Waals surface area contributed by atoms with Gasteiger partial charge >= 0.3 is 0 Å². The first-order chi connectivity index (χ1) is 8.06. The Morgan fingerprint density at radius 2 is 1.83 bits per heavy atom. The normalized spacial score (nSPS) is 10.1. The van der Waals surface area contributed by atoms with Crippen molar-refractivity contribution in [2.24, 2.45) is 0 Å². The molecule has 0 aliphatic carbocycles. The van der Waals surface area contributed by atoms with Crippen LogP contribution in [0.5, 0.6) is 0 Å². The van der Waals surface area contributed by atoms with Crippen molar-refractivity contribution in [3.8, 4) is 0 Å². The molecular formula is C14H23ClN2O. The van der Waals surface area contributed by atoms with Gasteiger partial charge in [0.25, 0.3) is 5.91 Å². The molecular weight excluding hydrogens is 248 g/mol. The maximum Gasteiger partial charge on any atom is 0.253 e. The van der Waals surface area contributed by atoms with E-state index >= 15 is 0 Å². The summed E-state index contributed by atoms with van der Waals surface area (Å²) < 4.78 is 0. The first-order valence-corrected chi connectivity index (χ1v) is 6.06. The summed E-state index contributed by atoms with van der Waals surface area (Å²) in [7, 11) is 3.71. The van der Waals surface area contributed by atoms with E-state index in [9.17, 15) is 4.79 Å². The first kappa shape index (κ1) is 16.9. The van der Waals surface area contributed by atoms with Crippen LogP contribution in [0.2, 0.25) is 0 Å². The van der Waals surface area contributed by atoms with Crippen LogP contribution in [0.25, 0.3) is 0 Å².